The van der Waals surface area contributed by atoms with E-state index in [9.17, 15) is 4.79 Å². The molecular formula is C19H23N3O3. The van der Waals surface area contributed by atoms with E-state index in [1.54, 1.807) is 12.5 Å². The largest absolute Gasteiger partial charge is 0.468 e. The summed E-state index contributed by atoms with van der Waals surface area (Å²) in [4.78, 5) is 21.5. The number of carbonyl (C=O) groups excluding carboxylic acids is 1. The van der Waals surface area contributed by atoms with E-state index in [0.29, 0.717) is 13.2 Å². The number of hydrogen-bond donors (Lipinski definition) is 0. The lowest BCUT2D eigenvalue weighted by molar-refractivity contribution is -0.128. The molecule has 25 heavy (non-hydrogen) atoms. The van der Waals surface area contributed by atoms with Crippen molar-refractivity contribution >= 4 is 11.6 Å². The molecule has 2 aromatic heterocycles. The highest BCUT2D eigenvalue weighted by molar-refractivity contribution is 5.95. The quantitative estimate of drug-likeness (QED) is 0.857. The van der Waals surface area contributed by atoms with E-state index >= 15 is 0 Å². The molecule has 2 fully saturated rings. The summed E-state index contributed by atoms with van der Waals surface area (Å²) in [5.41, 5.74) is 1.81. The first-order valence-corrected chi connectivity index (χ1v) is 8.81. The Kier molecular flexibility index (Phi) is 4.55. The lowest BCUT2D eigenvalue weighted by Gasteiger charge is -2.36. The van der Waals surface area contributed by atoms with E-state index in [1.165, 1.54) is 0 Å². The van der Waals surface area contributed by atoms with Crippen LogP contribution in [0, 0.1) is 12.8 Å². The Balaban J connectivity index is 1.46. The molecule has 0 spiro atoms. The van der Waals surface area contributed by atoms with Gasteiger partial charge in [0.25, 0.3) is 0 Å². The van der Waals surface area contributed by atoms with Crippen molar-refractivity contribution in [2.75, 3.05) is 31.1 Å². The van der Waals surface area contributed by atoms with Crippen molar-refractivity contribution < 1.29 is 13.9 Å². The summed E-state index contributed by atoms with van der Waals surface area (Å²) >= 11 is 0. The van der Waals surface area contributed by atoms with Crippen LogP contribution >= 0.6 is 0 Å². The van der Waals surface area contributed by atoms with Gasteiger partial charge in [0.15, 0.2) is 0 Å². The van der Waals surface area contributed by atoms with Crippen molar-refractivity contribution in [3.8, 4) is 0 Å². The minimum atomic E-state index is -0.0864. The summed E-state index contributed by atoms with van der Waals surface area (Å²) in [5, 5.41) is 0. The van der Waals surface area contributed by atoms with E-state index in [0.717, 1.165) is 43.2 Å². The molecule has 4 rings (SSSR count). The van der Waals surface area contributed by atoms with Gasteiger partial charge in [-0.25, -0.2) is 0 Å². The monoisotopic (exact) mass is 341 g/mol. The molecule has 2 aliphatic rings. The molecule has 1 amide bonds. The van der Waals surface area contributed by atoms with Crippen molar-refractivity contribution in [3.05, 3.63) is 48.2 Å². The smallest absolute Gasteiger partial charge is 0.232 e. The molecule has 0 bridgehead atoms. The standard InChI is InChI=1S/C19H23N3O3/c1-14-4-5-15(11-20-14)22-8-10-25-18-13-21(7-6-17(18)19(22)23)12-16-3-2-9-24-16/h2-5,9,11,17-18H,6-8,10,12-13H2,1H3/t17-,18+/m1/s1. The molecular weight excluding hydrogens is 318 g/mol. The fourth-order valence-electron chi connectivity index (χ4n) is 3.68. The van der Waals surface area contributed by atoms with Crippen molar-refractivity contribution in [1.29, 1.82) is 0 Å². The molecule has 2 aliphatic heterocycles. The lowest BCUT2D eigenvalue weighted by atomic mass is 9.92. The number of anilines is 1. The predicted molar refractivity (Wildman–Crippen MR) is 93.2 cm³/mol. The first-order chi connectivity index (χ1) is 12.2. The predicted octanol–water partition coefficient (Wildman–Crippen LogP) is 2.24. The number of rotatable bonds is 3. The minimum absolute atomic E-state index is 0.0559. The summed E-state index contributed by atoms with van der Waals surface area (Å²) in [6.45, 7) is 5.47. The molecule has 0 N–H and O–H groups in total. The van der Waals surface area contributed by atoms with Crippen LogP contribution < -0.4 is 4.90 Å². The normalized spacial score (nSPS) is 24.8. The van der Waals surface area contributed by atoms with Gasteiger partial charge >= 0.3 is 0 Å². The molecule has 6 heteroatoms. The highest BCUT2D eigenvalue weighted by Gasteiger charge is 2.39. The van der Waals surface area contributed by atoms with E-state index in [1.807, 2.05) is 36.1 Å². The third-order valence-electron chi connectivity index (χ3n) is 5.04. The maximum absolute atomic E-state index is 13.1. The molecule has 0 radical (unpaired) electrons. The average molecular weight is 341 g/mol. The van der Waals surface area contributed by atoms with Crippen LogP contribution in [0.15, 0.2) is 41.1 Å². The van der Waals surface area contributed by atoms with Gasteiger partial charge in [-0.1, -0.05) is 0 Å². The maximum atomic E-state index is 13.1. The second-order valence-corrected chi connectivity index (χ2v) is 6.77. The first-order valence-electron chi connectivity index (χ1n) is 8.81. The molecule has 0 aliphatic carbocycles. The fraction of sp³-hybridized carbons (Fsp3) is 0.474. The molecule has 2 aromatic rings. The van der Waals surface area contributed by atoms with Gasteiger partial charge in [0, 0.05) is 18.8 Å². The molecule has 0 unspecified atom stereocenters. The Morgan fingerprint density at radius 2 is 2.20 bits per heavy atom. The van der Waals surface area contributed by atoms with E-state index in [4.69, 9.17) is 9.15 Å². The number of aromatic nitrogens is 1. The van der Waals surface area contributed by atoms with Crippen LogP contribution in [0.4, 0.5) is 5.69 Å². The van der Waals surface area contributed by atoms with Gasteiger partial charge in [-0.3, -0.25) is 14.7 Å². The Bertz CT molecular complexity index is 714. The summed E-state index contributed by atoms with van der Waals surface area (Å²) < 4.78 is 11.5. The van der Waals surface area contributed by atoms with Crippen molar-refractivity contribution in [1.82, 2.24) is 9.88 Å². The van der Waals surface area contributed by atoms with E-state index < -0.39 is 0 Å². The number of pyridine rings is 1. The second kappa shape index (κ2) is 6.98. The van der Waals surface area contributed by atoms with Crippen LogP contribution in [-0.4, -0.2) is 48.1 Å². The van der Waals surface area contributed by atoms with Gasteiger partial charge in [-0.2, -0.15) is 0 Å². The molecule has 0 saturated carbocycles. The number of aryl methyl sites for hydroxylation is 1. The summed E-state index contributed by atoms with van der Waals surface area (Å²) in [5.74, 6) is 1.02. The Morgan fingerprint density at radius 3 is 2.96 bits per heavy atom. The number of furan rings is 1. The molecule has 132 valence electrons. The zero-order chi connectivity index (χ0) is 17.2. The molecule has 2 atom stereocenters. The Hall–Kier alpha value is -2.18. The van der Waals surface area contributed by atoms with Gasteiger partial charge in [-0.05, 0) is 44.2 Å². The van der Waals surface area contributed by atoms with Crippen LogP contribution in [0.2, 0.25) is 0 Å². The molecule has 4 heterocycles. The van der Waals surface area contributed by atoms with Gasteiger partial charge in [-0.15, -0.1) is 0 Å². The summed E-state index contributed by atoms with van der Waals surface area (Å²) in [6.07, 6.45) is 4.22. The third-order valence-corrected chi connectivity index (χ3v) is 5.04. The Labute approximate surface area is 147 Å². The summed E-state index contributed by atoms with van der Waals surface area (Å²) in [6, 6.07) is 7.79. The van der Waals surface area contributed by atoms with Crippen LogP contribution in [0.5, 0.6) is 0 Å². The van der Waals surface area contributed by atoms with Crippen molar-refractivity contribution in [2.24, 2.45) is 5.92 Å². The molecule has 6 nitrogen and oxygen atoms in total. The third kappa shape index (κ3) is 3.45. The number of piperidine rings is 1. The summed E-state index contributed by atoms with van der Waals surface area (Å²) in [7, 11) is 0. The van der Waals surface area contributed by atoms with Gasteiger partial charge in [0.05, 0.1) is 43.3 Å². The number of nitrogens with zero attached hydrogens (tertiary/aromatic N) is 3. The maximum Gasteiger partial charge on any atom is 0.232 e. The van der Waals surface area contributed by atoms with Gasteiger partial charge in [0.1, 0.15) is 5.76 Å². The van der Waals surface area contributed by atoms with Crippen LogP contribution in [0.1, 0.15) is 17.9 Å². The number of amides is 1. The topological polar surface area (TPSA) is 58.8 Å². The SMILES string of the molecule is Cc1ccc(N2CCO[C@H]3CN(Cc4ccco4)CC[C@H]3C2=O)cn1. The lowest BCUT2D eigenvalue weighted by Crippen LogP contribution is -2.49. The number of carbonyl (C=O) groups is 1. The van der Waals surface area contributed by atoms with E-state index in [2.05, 4.69) is 9.88 Å². The van der Waals surface area contributed by atoms with Crippen LogP contribution in [0.3, 0.4) is 0 Å². The van der Waals surface area contributed by atoms with Crippen LogP contribution in [-0.2, 0) is 16.1 Å². The molecule has 0 aromatic carbocycles. The van der Waals surface area contributed by atoms with Crippen molar-refractivity contribution in [3.63, 3.8) is 0 Å². The second-order valence-electron chi connectivity index (χ2n) is 6.77. The average Bonchev–Trinajstić information content (AvgIpc) is 3.07. The fourth-order valence-corrected chi connectivity index (χ4v) is 3.68. The highest BCUT2D eigenvalue weighted by atomic mass is 16.5. The van der Waals surface area contributed by atoms with Crippen LogP contribution in [0.25, 0.3) is 0 Å². The van der Waals surface area contributed by atoms with Gasteiger partial charge in [0.2, 0.25) is 5.91 Å². The number of fused-ring (bicyclic) bond motifs is 1. The zero-order valence-corrected chi connectivity index (χ0v) is 14.4. The number of likely N-dealkylation sites (tertiary alicyclic amines) is 1. The minimum Gasteiger partial charge on any atom is -0.468 e. The Morgan fingerprint density at radius 1 is 1.28 bits per heavy atom. The zero-order valence-electron chi connectivity index (χ0n) is 14.4. The highest BCUT2D eigenvalue weighted by Crippen LogP contribution is 2.28. The number of hydrogen-bond acceptors (Lipinski definition) is 5. The molecule has 2 saturated heterocycles. The van der Waals surface area contributed by atoms with Crippen molar-refractivity contribution in [2.45, 2.75) is 26.0 Å². The van der Waals surface area contributed by atoms with E-state index in [-0.39, 0.29) is 17.9 Å². The number of ether oxygens (including phenoxy) is 1. The first kappa shape index (κ1) is 16.3. The van der Waals surface area contributed by atoms with Gasteiger partial charge < -0.3 is 14.1 Å².